The SMILES string of the molecule is CCCCC1CN(CCc2ccccc2)CCN1. The minimum atomic E-state index is 0.717. The summed E-state index contributed by atoms with van der Waals surface area (Å²) >= 11 is 0. The molecule has 1 aliphatic heterocycles. The number of rotatable bonds is 6. The maximum atomic E-state index is 3.64. The van der Waals surface area contributed by atoms with Gasteiger partial charge in [0.15, 0.2) is 0 Å². The molecular weight excluding hydrogens is 220 g/mol. The predicted molar refractivity (Wildman–Crippen MR) is 77.9 cm³/mol. The van der Waals surface area contributed by atoms with Gasteiger partial charge < -0.3 is 10.2 Å². The summed E-state index contributed by atoms with van der Waals surface area (Å²) in [6, 6.07) is 11.5. The average Bonchev–Trinajstić information content (AvgIpc) is 2.44. The Kier molecular flexibility index (Phi) is 5.69. The zero-order chi connectivity index (χ0) is 12.6. The molecule has 0 spiro atoms. The van der Waals surface area contributed by atoms with Gasteiger partial charge in [0.1, 0.15) is 0 Å². The first-order chi connectivity index (χ1) is 8.88. The monoisotopic (exact) mass is 246 g/mol. The molecule has 0 aromatic heterocycles. The summed E-state index contributed by atoms with van der Waals surface area (Å²) in [5, 5.41) is 3.64. The maximum Gasteiger partial charge on any atom is 0.0195 e. The molecule has 1 aromatic rings. The van der Waals surface area contributed by atoms with Gasteiger partial charge in [-0.1, -0.05) is 50.1 Å². The van der Waals surface area contributed by atoms with Crippen molar-refractivity contribution in [2.75, 3.05) is 26.2 Å². The third-order valence-electron chi connectivity index (χ3n) is 3.81. The van der Waals surface area contributed by atoms with Crippen LogP contribution in [0.3, 0.4) is 0 Å². The molecule has 2 rings (SSSR count). The van der Waals surface area contributed by atoms with Crippen molar-refractivity contribution in [2.24, 2.45) is 0 Å². The van der Waals surface area contributed by atoms with Gasteiger partial charge in [-0.05, 0) is 18.4 Å². The first kappa shape index (κ1) is 13.6. The fraction of sp³-hybridized carbons (Fsp3) is 0.625. The van der Waals surface area contributed by atoms with Crippen LogP contribution in [0.2, 0.25) is 0 Å². The number of piperazine rings is 1. The Morgan fingerprint density at radius 1 is 1.28 bits per heavy atom. The quantitative estimate of drug-likeness (QED) is 0.830. The van der Waals surface area contributed by atoms with Crippen LogP contribution in [-0.4, -0.2) is 37.1 Å². The van der Waals surface area contributed by atoms with E-state index >= 15 is 0 Å². The van der Waals surface area contributed by atoms with Crippen molar-refractivity contribution in [1.82, 2.24) is 10.2 Å². The third kappa shape index (κ3) is 4.43. The topological polar surface area (TPSA) is 15.3 Å². The summed E-state index contributed by atoms with van der Waals surface area (Å²) < 4.78 is 0. The van der Waals surface area contributed by atoms with E-state index in [0.29, 0.717) is 0 Å². The molecule has 1 fully saturated rings. The van der Waals surface area contributed by atoms with Gasteiger partial charge in [-0.25, -0.2) is 0 Å². The van der Waals surface area contributed by atoms with Crippen LogP contribution in [0.4, 0.5) is 0 Å². The molecule has 2 heteroatoms. The largest absolute Gasteiger partial charge is 0.311 e. The minimum absolute atomic E-state index is 0.717. The van der Waals surface area contributed by atoms with Gasteiger partial charge in [-0.2, -0.15) is 0 Å². The molecule has 1 N–H and O–H groups in total. The number of nitrogens with zero attached hydrogens (tertiary/aromatic N) is 1. The van der Waals surface area contributed by atoms with Crippen LogP contribution in [0.25, 0.3) is 0 Å². The highest BCUT2D eigenvalue weighted by atomic mass is 15.2. The van der Waals surface area contributed by atoms with Crippen molar-refractivity contribution in [3.05, 3.63) is 35.9 Å². The normalized spacial score (nSPS) is 21.1. The van der Waals surface area contributed by atoms with Gasteiger partial charge in [0.05, 0.1) is 0 Å². The first-order valence-electron chi connectivity index (χ1n) is 7.38. The van der Waals surface area contributed by atoms with E-state index in [-0.39, 0.29) is 0 Å². The number of hydrogen-bond acceptors (Lipinski definition) is 2. The Morgan fingerprint density at radius 3 is 2.89 bits per heavy atom. The maximum absolute atomic E-state index is 3.64. The van der Waals surface area contributed by atoms with Gasteiger partial charge in [0.2, 0.25) is 0 Å². The predicted octanol–water partition coefficient (Wildman–Crippen LogP) is 2.69. The van der Waals surface area contributed by atoms with Crippen molar-refractivity contribution < 1.29 is 0 Å². The fourth-order valence-corrected chi connectivity index (χ4v) is 2.67. The molecule has 0 aliphatic carbocycles. The van der Waals surface area contributed by atoms with Gasteiger partial charge in [0.25, 0.3) is 0 Å². The zero-order valence-electron chi connectivity index (χ0n) is 11.6. The molecule has 18 heavy (non-hydrogen) atoms. The lowest BCUT2D eigenvalue weighted by molar-refractivity contribution is 0.195. The molecule has 0 radical (unpaired) electrons. The molecule has 1 saturated heterocycles. The molecule has 1 unspecified atom stereocenters. The summed E-state index contributed by atoms with van der Waals surface area (Å²) in [5.74, 6) is 0. The highest BCUT2D eigenvalue weighted by Gasteiger charge is 2.18. The molecule has 1 aliphatic rings. The average molecular weight is 246 g/mol. The van der Waals surface area contributed by atoms with E-state index in [2.05, 4.69) is 47.5 Å². The Labute approximate surface area is 111 Å². The van der Waals surface area contributed by atoms with Crippen LogP contribution in [-0.2, 0) is 6.42 Å². The van der Waals surface area contributed by atoms with Crippen LogP contribution in [0.1, 0.15) is 31.7 Å². The van der Waals surface area contributed by atoms with Gasteiger partial charge >= 0.3 is 0 Å². The van der Waals surface area contributed by atoms with Crippen LogP contribution < -0.4 is 5.32 Å². The van der Waals surface area contributed by atoms with Gasteiger partial charge in [-0.15, -0.1) is 0 Å². The number of unbranched alkanes of at least 4 members (excludes halogenated alkanes) is 1. The fourth-order valence-electron chi connectivity index (χ4n) is 2.67. The van der Waals surface area contributed by atoms with E-state index < -0.39 is 0 Å². The van der Waals surface area contributed by atoms with Crippen molar-refractivity contribution in [3.63, 3.8) is 0 Å². The second-order valence-electron chi connectivity index (χ2n) is 5.33. The molecule has 0 bridgehead atoms. The van der Waals surface area contributed by atoms with E-state index in [1.54, 1.807) is 0 Å². The van der Waals surface area contributed by atoms with Gasteiger partial charge in [0, 0.05) is 32.2 Å². The molecule has 100 valence electrons. The highest BCUT2D eigenvalue weighted by molar-refractivity contribution is 5.14. The molecule has 1 aromatic carbocycles. The second-order valence-corrected chi connectivity index (χ2v) is 5.33. The van der Waals surface area contributed by atoms with Crippen molar-refractivity contribution in [3.8, 4) is 0 Å². The van der Waals surface area contributed by atoms with Crippen LogP contribution >= 0.6 is 0 Å². The summed E-state index contributed by atoms with van der Waals surface area (Å²) in [4.78, 5) is 2.61. The van der Waals surface area contributed by atoms with Gasteiger partial charge in [-0.3, -0.25) is 0 Å². The molecular formula is C16H26N2. The summed E-state index contributed by atoms with van der Waals surface area (Å²) in [6.45, 7) is 7.07. The van der Waals surface area contributed by atoms with Crippen molar-refractivity contribution in [2.45, 2.75) is 38.6 Å². The number of hydrogen-bond donors (Lipinski definition) is 1. The molecule has 1 atom stereocenters. The molecule has 2 nitrogen and oxygen atoms in total. The van der Waals surface area contributed by atoms with Crippen molar-refractivity contribution >= 4 is 0 Å². The highest BCUT2D eigenvalue weighted by Crippen LogP contribution is 2.08. The third-order valence-corrected chi connectivity index (χ3v) is 3.81. The Hall–Kier alpha value is -0.860. The Morgan fingerprint density at radius 2 is 2.11 bits per heavy atom. The van der Waals surface area contributed by atoms with E-state index in [9.17, 15) is 0 Å². The van der Waals surface area contributed by atoms with E-state index in [0.717, 1.165) is 12.6 Å². The number of nitrogens with one attached hydrogen (secondary N) is 1. The summed E-state index contributed by atoms with van der Waals surface area (Å²) in [7, 11) is 0. The molecule has 1 heterocycles. The summed E-state index contributed by atoms with van der Waals surface area (Å²) in [6.07, 6.45) is 5.17. The van der Waals surface area contributed by atoms with Crippen LogP contribution in [0.15, 0.2) is 30.3 Å². The standard InChI is InChI=1S/C16H26N2/c1-2-3-9-16-14-18(13-11-17-16)12-10-15-7-5-4-6-8-15/h4-8,16-17H,2-3,9-14H2,1H3. The first-order valence-corrected chi connectivity index (χ1v) is 7.38. The van der Waals surface area contributed by atoms with Crippen molar-refractivity contribution in [1.29, 1.82) is 0 Å². The molecule has 0 saturated carbocycles. The van der Waals surface area contributed by atoms with Crippen LogP contribution in [0, 0.1) is 0 Å². The lowest BCUT2D eigenvalue weighted by atomic mass is 10.1. The van der Waals surface area contributed by atoms with E-state index in [1.807, 2.05) is 0 Å². The lowest BCUT2D eigenvalue weighted by Gasteiger charge is -2.33. The number of benzene rings is 1. The Bertz CT molecular complexity index is 323. The minimum Gasteiger partial charge on any atom is -0.311 e. The van der Waals surface area contributed by atoms with E-state index in [4.69, 9.17) is 0 Å². The lowest BCUT2D eigenvalue weighted by Crippen LogP contribution is -2.50. The summed E-state index contributed by atoms with van der Waals surface area (Å²) in [5.41, 5.74) is 1.46. The van der Waals surface area contributed by atoms with E-state index in [1.165, 1.54) is 50.9 Å². The zero-order valence-corrected chi connectivity index (χ0v) is 11.6. The molecule has 0 amide bonds. The van der Waals surface area contributed by atoms with Crippen LogP contribution in [0.5, 0.6) is 0 Å². The Balaban J connectivity index is 1.72. The smallest absolute Gasteiger partial charge is 0.0195 e. The second kappa shape index (κ2) is 7.55.